The molecule has 0 heterocycles. The summed E-state index contributed by atoms with van der Waals surface area (Å²) in [7, 11) is 0. The monoisotopic (exact) mass is 353 g/mol. The molecule has 0 aliphatic heterocycles. The van der Waals surface area contributed by atoms with Crippen molar-refractivity contribution in [1.82, 2.24) is 0 Å². The lowest BCUT2D eigenvalue weighted by Gasteiger charge is -2.11. The third kappa shape index (κ3) is 5.73. The highest BCUT2D eigenvalue weighted by Gasteiger charge is 1.99. The van der Waals surface area contributed by atoms with Crippen LogP contribution in [0.15, 0.2) is 78.9 Å². The summed E-state index contributed by atoms with van der Waals surface area (Å²) < 4.78 is 11.4. The number of nitrogens with one attached hydrogen (secondary N) is 1. The molecule has 1 N–H and O–H groups in total. The van der Waals surface area contributed by atoms with Crippen molar-refractivity contribution >= 4 is 17.3 Å². The lowest BCUT2D eigenvalue weighted by molar-refractivity contribution is 0.217. The van der Waals surface area contributed by atoms with E-state index in [1.807, 2.05) is 78.9 Å². The fourth-order valence-corrected chi connectivity index (χ4v) is 2.60. The number of rotatable bonds is 8. The van der Waals surface area contributed by atoms with Crippen LogP contribution in [0.25, 0.3) is 0 Å². The zero-order chi connectivity index (χ0) is 17.3. The maximum atomic E-state index is 6.01. The molecule has 0 aliphatic carbocycles. The molecule has 0 aliphatic rings. The van der Waals surface area contributed by atoms with Crippen molar-refractivity contribution < 1.29 is 9.47 Å². The van der Waals surface area contributed by atoms with E-state index in [0.717, 1.165) is 27.8 Å². The normalized spacial score (nSPS) is 10.3. The number of hydrogen-bond donors (Lipinski definition) is 1. The van der Waals surface area contributed by atoms with Crippen molar-refractivity contribution in [2.75, 3.05) is 18.5 Å². The fraction of sp³-hybridized carbons (Fsp3) is 0.143. The Labute approximate surface area is 153 Å². The molecule has 0 atom stereocenters. The van der Waals surface area contributed by atoms with E-state index in [9.17, 15) is 0 Å². The summed E-state index contributed by atoms with van der Waals surface area (Å²) in [5.74, 6) is 1.66. The van der Waals surface area contributed by atoms with Gasteiger partial charge in [0.2, 0.25) is 0 Å². The highest BCUT2D eigenvalue weighted by atomic mass is 35.5. The van der Waals surface area contributed by atoms with Crippen LogP contribution in [0.1, 0.15) is 5.56 Å². The van der Waals surface area contributed by atoms with E-state index in [1.54, 1.807) is 0 Å². The first-order chi connectivity index (χ1) is 12.3. The van der Waals surface area contributed by atoms with Crippen LogP contribution >= 0.6 is 11.6 Å². The summed E-state index contributed by atoms with van der Waals surface area (Å²) in [6.45, 7) is 1.71. The average molecular weight is 354 g/mol. The van der Waals surface area contributed by atoms with Gasteiger partial charge in [-0.3, -0.25) is 0 Å². The molecular weight excluding hydrogens is 334 g/mol. The van der Waals surface area contributed by atoms with E-state index >= 15 is 0 Å². The Balaban J connectivity index is 1.46. The summed E-state index contributed by atoms with van der Waals surface area (Å²) in [5, 5.41) is 4.12. The van der Waals surface area contributed by atoms with Crippen molar-refractivity contribution in [2.45, 2.75) is 6.54 Å². The number of benzene rings is 3. The maximum absolute atomic E-state index is 6.01. The molecule has 0 bridgehead atoms. The lowest BCUT2D eigenvalue weighted by Crippen LogP contribution is -2.09. The second-order valence-corrected chi connectivity index (χ2v) is 5.96. The van der Waals surface area contributed by atoms with Crippen molar-refractivity contribution in [1.29, 1.82) is 0 Å². The summed E-state index contributed by atoms with van der Waals surface area (Å²) in [6.07, 6.45) is 0. The van der Waals surface area contributed by atoms with Gasteiger partial charge in [-0.2, -0.15) is 0 Å². The van der Waals surface area contributed by atoms with Crippen molar-refractivity contribution in [3.63, 3.8) is 0 Å². The third-order valence-corrected chi connectivity index (χ3v) is 3.82. The van der Waals surface area contributed by atoms with Gasteiger partial charge in [-0.15, -0.1) is 0 Å². The van der Waals surface area contributed by atoms with E-state index in [-0.39, 0.29) is 0 Å². The summed E-state index contributed by atoms with van der Waals surface area (Å²) >= 11 is 6.01. The topological polar surface area (TPSA) is 30.5 Å². The maximum Gasteiger partial charge on any atom is 0.122 e. The molecule has 0 aromatic heterocycles. The van der Waals surface area contributed by atoms with Crippen LogP contribution in [-0.2, 0) is 6.54 Å². The Morgan fingerprint density at radius 3 is 2.24 bits per heavy atom. The van der Waals surface area contributed by atoms with Gasteiger partial charge >= 0.3 is 0 Å². The molecular formula is C21H20ClNO2. The van der Waals surface area contributed by atoms with Gasteiger partial charge in [-0.05, 0) is 42.0 Å². The molecule has 0 amide bonds. The molecule has 3 rings (SSSR count). The highest BCUT2D eigenvalue weighted by Crippen LogP contribution is 2.19. The average Bonchev–Trinajstić information content (AvgIpc) is 2.65. The highest BCUT2D eigenvalue weighted by molar-refractivity contribution is 6.30. The van der Waals surface area contributed by atoms with Crippen LogP contribution in [0.2, 0.25) is 5.02 Å². The first kappa shape index (κ1) is 17.2. The first-order valence-corrected chi connectivity index (χ1v) is 8.56. The van der Waals surface area contributed by atoms with E-state index in [0.29, 0.717) is 19.8 Å². The smallest absolute Gasteiger partial charge is 0.122 e. The van der Waals surface area contributed by atoms with Crippen LogP contribution in [0.3, 0.4) is 0 Å². The van der Waals surface area contributed by atoms with Crippen LogP contribution in [0.4, 0.5) is 5.69 Å². The predicted molar refractivity (Wildman–Crippen MR) is 103 cm³/mol. The minimum atomic E-state index is 0.493. The quantitative estimate of drug-likeness (QED) is 0.549. The molecule has 3 aromatic carbocycles. The van der Waals surface area contributed by atoms with Gasteiger partial charge in [-0.25, -0.2) is 0 Å². The van der Waals surface area contributed by atoms with E-state index in [2.05, 4.69) is 5.32 Å². The number of halogens is 1. The molecule has 0 saturated carbocycles. The van der Waals surface area contributed by atoms with Gasteiger partial charge in [0.05, 0.1) is 0 Å². The first-order valence-electron chi connectivity index (χ1n) is 8.19. The summed E-state index contributed by atoms with van der Waals surface area (Å²) in [4.78, 5) is 0. The van der Waals surface area contributed by atoms with Gasteiger partial charge in [-0.1, -0.05) is 48.0 Å². The molecule has 3 aromatic rings. The van der Waals surface area contributed by atoms with E-state index in [4.69, 9.17) is 21.1 Å². The van der Waals surface area contributed by atoms with Crippen molar-refractivity contribution in [3.05, 3.63) is 89.4 Å². The molecule has 3 nitrogen and oxygen atoms in total. The Bertz CT molecular complexity index is 793. The van der Waals surface area contributed by atoms with Crippen molar-refractivity contribution in [2.24, 2.45) is 0 Å². The van der Waals surface area contributed by atoms with Gasteiger partial charge in [0, 0.05) is 23.3 Å². The van der Waals surface area contributed by atoms with Gasteiger partial charge in [0.25, 0.3) is 0 Å². The molecule has 0 spiro atoms. The van der Waals surface area contributed by atoms with Gasteiger partial charge < -0.3 is 14.8 Å². The van der Waals surface area contributed by atoms with Crippen LogP contribution in [0, 0.1) is 0 Å². The fourth-order valence-electron chi connectivity index (χ4n) is 2.38. The predicted octanol–water partition coefficient (Wildman–Crippen LogP) is 5.41. The SMILES string of the molecule is Clc1cccc(CNc2cccc(OCCOc3ccccc3)c2)c1. The van der Waals surface area contributed by atoms with E-state index in [1.165, 1.54) is 0 Å². The van der Waals surface area contributed by atoms with Crippen LogP contribution in [0.5, 0.6) is 11.5 Å². The van der Waals surface area contributed by atoms with E-state index < -0.39 is 0 Å². The van der Waals surface area contributed by atoms with Crippen molar-refractivity contribution in [3.8, 4) is 11.5 Å². The molecule has 0 radical (unpaired) electrons. The van der Waals surface area contributed by atoms with Gasteiger partial charge in [0.1, 0.15) is 24.7 Å². The number of para-hydroxylation sites is 1. The molecule has 0 saturated heterocycles. The lowest BCUT2D eigenvalue weighted by atomic mass is 10.2. The summed E-state index contributed by atoms with van der Waals surface area (Å²) in [5.41, 5.74) is 2.14. The van der Waals surface area contributed by atoms with Gasteiger partial charge in [0.15, 0.2) is 0 Å². The minimum Gasteiger partial charge on any atom is -0.490 e. The molecule has 4 heteroatoms. The Morgan fingerprint density at radius 2 is 1.44 bits per heavy atom. The second-order valence-electron chi connectivity index (χ2n) is 5.52. The summed E-state index contributed by atoms with van der Waals surface area (Å²) in [6, 6.07) is 25.4. The molecule has 25 heavy (non-hydrogen) atoms. The Morgan fingerprint density at radius 1 is 0.720 bits per heavy atom. The largest absolute Gasteiger partial charge is 0.490 e. The molecule has 0 unspecified atom stereocenters. The number of ether oxygens (including phenoxy) is 2. The zero-order valence-corrected chi connectivity index (χ0v) is 14.6. The zero-order valence-electron chi connectivity index (χ0n) is 13.8. The Hall–Kier alpha value is -2.65. The Kier molecular flexibility index (Phi) is 6.18. The van der Waals surface area contributed by atoms with Crippen LogP contribution < -0.4 is 14.8 Å². The number of hydrogen-bond acceptors (Lipinski definition) is 3. The second kappa shape index (κ2) is 9.00. The minimum absolute atomic E-state index is 0.493. The molecule has 128 valence electrons. The third-order valence-electron chi connectivity index (χ3n) is 3.58. The number of anilines is 1. The standard InChI is InChI=1S/C21H20ClNO2/c22-18-7-4-6-17(14-18)16-23-19-8-5-11-21(15-19)25-13-12-24-20-9-2-1-3-10-20/h1-11,14-15,23H,12-13,16H2. The van der Waals surface area contributed by atoms with Crippen LogP contribution in [-0.4, -0.2) is 13.2 Å². The molecule has 0 fully saturated rings.